The van der Waals surface area contributed by atoms with E-state index >= 15 is 0 Å². The molecule has 6 heteroatoms. The normalized spacial score (nSPS) is 12.0. The number of aryl methyl sites for hydroxylation is 1. The zero-order chi connectivity index (χ0) is 15.7. The van der Waals surface area contributed by atoms with Gasteiger partial charge in [0.05, 0.1) is 10.2 Å². The van der Waals surface area contributed by atoms with Crippen molar-refractivity contribution in [2.75, 3.05) is 0 Å². The molecule has 0 fully saturated rings. The molecule has 0 N–H and O–H groups in total. The van der Waals surface area contributed by atoms with Crippen molar-refractivity contribution in [1.82, 2.24) is 4.57 Å². The van der Waals surface area contributed by atoms with E-state index in [9.17, 15) is 9.18 Å². The Bertz CT molecular complexity index is 929. The molecule has 0 aliphatic rings. The lowest BCUT2D eigenvalue weighted by Gasteiger charge is -2.00. The Labute approximate surface area is 138 Å². The highest BCUT2D eigenvalue weighted by Crippen LogP contribution is 2.19. The molecule has 0 atom stereocenters. The van der Waals surface area contributed by atoms with Gasteiger partial charge in [0, 0.05) is 16.6 Å². The minimum atomic E-state index is -0.310. The van der Waals surface area contributed by atoms with E-state index in [-0.39, 0.29) is 11.7 Å². The van der Waals surface area contributed by atoms with Gasteiger partial charge in [-0.15, -0.1) is 0 Å². The summed E-state index contributed by atoms with van der Waals surface area (Å²) >= 11 is 4.66. The van der Waals surface area contributed by atoms with Gasteiger partial charge in [0.15, 0.2) is 4.80 Å². The first-order chi connectivity index (χ1) is 10.6. The van der Waals surface area contributed by atoms with Crippen LogP contribution in [0.4, 0.5) is 4.39 Å². The van der Waals surface area contributed by atoms with Gasteiger partial charge in [0.25, 0.3) is 5.91 Å². The van der Waals surface area contributed by atoms with Crippen molar-refractivity contribution in [3.05, 3.63) is 63.1 Å². The van der Waals surface area contributed by atoms with Gasteiger partial charge in [0.1, 0.15) is 5.82 Å². The summed E-state index contributed by atoms with van der Waals surface area (Å²) in [5.74, 6) is -0.600. The van der Waals surface area contributed by atoms with Crippen LogP contribution >= 0.6 is 27.3 Å². The van der Waals surface area contributed by atoms with Crippen LogP contribution in [0, 0.1) is 5.82 Å². The van der Waals surface area contributed by atoms with E-state index in [1.165, 1.54) is 23.5 Å². The fourth-order valence-electron chi connectivity index (χ4n) is 2.21. The molecule has 2 aromatic carbocycles. The molecule has 0 spiro atoms. The highest BCUT2D eigenvalue weighted by molar-refractivity contribution is 9.10. The van der Waals surface area contributed by atoms with Crippen molar-refractivity contribution in [1.29, 1.82) is 0 Å². The molecule has 0 saturated heterocycles. The third kappa shape index (κ3) is 2.89. The van der Waals surface area contributed by atoms with Gasteiger partial charge < -0.3 is 4.57 Å². The number of carbonyl (C=O) groups excluding carboxylic acids is 1. The quantitative estimate of drug-likeness (QED) is 0.651. The number of rotatable bonds is 2. The van der Waals surface area contributed by atoms with E-state index in [2.05, 4.69) is 20.9 Å². The molecule has 0 aliphatic heterocycles. The number of hydrogen-bond acceptors (Lipinski definition) is 2. The van der Waals surface area contributed by atoms with E-state index in [1.807, 2.05) is 17.6 Å². The Hall–Kier alpha value is -1.79. The van der Waals surface area contributed by atoms with Crippen LogP contribution in [-0.4, -0.2) is 10.5 Å². The van der Waals surface area contributed by atoms with Gasteiger partial charge >= 0.3 is 0 Å². The zero-order valence-electron chi connectivity index (χ0n) is 11.7. The minimum absolute atomic E-state index is 0.290. The zero-order valence-corrected chi connectivity index (χ0v) is 14.1. The molecule has 1 aromatic heterocycles. The highest BCUT2D eigenvalue weighted by atomic mass is 79.9. The van der Waals surface area contributed by atoms with Crippen molar-refractivity contribution in [3.63, 3.8) is 0 Å². The van der Waals surface area contributed by atoms with Gasteiger partial charge in [-0.2, -0.15) is 4.99 Å². The third-order valence-electron chi connectivity index (χ3n) is 3.23. The van der Waals surface area contributed by atoms with E-state index in [0.717, 1.165) is 14.7 Å². The van der Waals surface area contributed by atoms with Crippen LogP contribution in [0.1, 0.15) is 17.3 Å². The lowest BCUT2D eigenvalue weighted by molar-refractivity contribution is 0.0998. The summed E-state index contributed by atoms with van der Waals surface area (Å²) in [5, 5.41) is 0. The van der Waals surface area contributed by atoms with Crippen molar-refractivity contribution in [3.8, 4) is 0 Å². The average molecular weight is 379 g/mol. The summed E-state index contributed by atoms with van der Waals surface area (Å²) in [4.78, 5) is 17.1. The number of thiazole rings is 1. The molecule has 112 valence electrons. The van der Waals surface area contributed by atoms with Crippen LogP contribution in [0.3, 0.4) is 0 Å². The lowest BCUT2D eigenvalue weighted by atomic mass is 10.2. The average Bonchev–Trinajstić information content (AvgIpc) is 2.83. The number of nitrogens with zero attached hydrogens (tertiary/aromatic N) is 2. The fourth-order valence-corrected chi connectivity index (χ4v) is 3.73. The number of benzene rings is 2. The number of amides is 1. The summed E-state index contributed by atoms with van der Waals surface area (Å²) in [6.07, 6.45) is 0. The number of carbonyl (C=O) groups is 1. The van der Waals surface area contributed by atoms with Crippen molar-refractivity contribution in [2.24, 2.45) is 4.99 Å². The molecule has 22 heavy (non-hydrogen) atoms. The predicted octanol–water partition coefficient (Wildman–Crippen LogP) is 4.37. The first-order valence-corrected chi connectivity index (χ1v) is 8.33. The molecule has 0 unspecified atom stereocenters. The molecule has 0 bridgehead atoms. The molecule has 1 heterocycles. The van der Waals surface area contributed by atoms with Crippen molar-refractivity contribution in [2.45, 2.75) is 13.5 Å². The minimum Gasteiger partial charge on any atom is -0.317 e. The topological polar surface area (TPSA) is 34.4 Å². The summed E-state index contributed by atoms with van der Waals surface area (Å²) in [6.45, 7) is 2.63. The highest BCUT2D eigenvalue weighted by Gasteiger charge is 2.09. The first kappa shape index (κ1) is 15.1. The maximum atomic E-state index is 13.3. The molecule has 0 saturated carbocycles. The van der Waals surface area contributed by atoms with E-state index in [4.69, 9.17) is 0 Å². The maximum Gasteiger partial charge on any atom is 0.279 e. The monoisotopic (exact) mass is 378 g/mol. The largest absolute Gasteiger partial charge is 0.317 e. The Balaban J connectivity index is 2.14. The molecular formula is C16H12BrFN2OS. The van der Waals surface area contributed by atoms with Gasteiger partial charge in [-0.1, -0.05) is 33.3 Å². The van der Waals surface area contributed by atoms with Crippen LogP contribution in [-0.2, 0) is 6.54 Å². The Morgan fingerprint density at radius 3 is 2.86 bits per heavy atom. The standard InChI is InChI=1S/C16H12BrFN2OS/c1-2-20-13-7-6-12(18)9-14(13)22-16(20)19-15(21)10-4-3-5-11(17)8-10/h3-9H,2H2,1H3. The van der Waals surface area contributed by atoms with Crippen molar-refractivity contribution >= 4 is 43.4 Å². The second-order valence-electron chi connectivity index (χ2n) is 4.67. The third-order valence-corrected chi connectivity index (χ3v) is 4.76. The summed E-state index contributed by atoms with van der Waals surface area (Å²) in [5.41, 5.74) is 1.40. The van der Waals surface area contributed by atoms with Crippen LogP contribution < -0.4 is 4.80 Å². The number of halogens is 2. The summed E-state index contributed by atoms with van der Waals surface area (Å²) in [7, 11) is 0. The SMILES string of the molecule is CCn1c(=NC(=O)c2cccc(Br)c2)sc2cc(F)ccc21. The second-order valence-corrected chi connectivity index (χ2v) is 6.59. The van der Waals surface area contributed by atoms with Gasteiger partial charge in [-0.3, -0.25) is 4.79 Å². The lowest BCUT2D eigenvalue weighted by Crippen LogP contribution is -2.15. The van der Waals surface area contributed by atoms with E-state index in [0.29, 0.717) is 16.9 Å². The number of fused-ring (bicyclic) bond motifs is 1. The van der Waals surface area contributed by atoms with Crippen LogP contribution in [0.5, 0.6) is 0 Å². The van der Waals surface area contributed by atoms with Gasteiger partial charge in [-0.25, -0.2) is 4.39 Å². The Morgan fingerprint density at radius 2 is 2.14 bits per heavy atom. The Morgan fingerprint density at radius 1 is 1.32 bits per heavy atom. The number of hydrogen-bond donors (Lipinski definition) is 0. The molecule has 0 aliphatic carbocycles. The van der Waals surface area contributed by atoms with Crippen LogP contribution in [0.15, 0.2) is 51.9 Å². The molecule has 0 radical (unpaired) electrons. The fraction of sp³-hybridized carbons (Fsp3) is 0.125. The molecule has 3 aromatic rings. The summed E-state index contributed by atoms with van der Waals surface area (Å²) in [6, 6.07) is 11.7. The predicted molar refractivity (Wildman–Crippen MR) is 89.5 cm³/mol. The molecular weight excluding hydrogens is 367 g/mol. The Kier molecular flexibility index (Phi) is 4.22. The van der Waals surface area contributed by atoms with Crippen LogP contribution in [0.2, 0.25) is 0 Å². The molecule has 3 rings (SSSR count). The van der Waals surface area contributed by atoms with Crippen molar-refractivity contribution < 1.29 is 9.18 Å². The maximum absolute atomic E-state index is 13.3. The molecule has 1 amide bonds. The smallest absolute Gasteiger partial charge is 0.279 e. The summed E-state index contributed by atoms with van der Waals surface area (Å²) < 4.78 is 16.9. The second kappa shape index (κ2) is 6.14. The van der Waals surface area contributed by atoms with E-state index < -0.39 is 0 Å². The van der Waals surface area contributed by atoms with Crippen LogP contribution in [0.25, 0.3) is 10.2 Å². The van der Waals surface area contributed by atoms with Gasteiger partial charge in [0.2, 0.25) is 0 Å². The number of aromatic nitrogens is 1. The van der Waals surface area contributed by atoms with Gasteiger partial charge in [-0.05, 0) is 43.3 Å². The first-order valence-electron chi connectivity index (χ1n) is 6.72. The van der Waals surface area contributed by atoms with E-state index in [1.54, 1.807) is 24.3 Å². The molecule has 3 nitrogen and oxygen atoms in total.